The Bertz CT molecular complexity index is 547. The minimum Gasteiger partial charge on any atom is -0.356 e. The molecule has 0 aromatic carbocycles. The maximum absolute atomic E-state index is 4.61. The Kier molecular flexibility index (Phi) is 3.72. The van der Waals surface area contributed by atoms with Gasteiger partial charge >= 0.3 is 0 Å². The van der Waals surface area contributed by atoms with Gasteiger partial charge in [0.1, 0.15) is 11.6 Å². The van der Waals surface area contributed by atoms with Crippen molar-refractivity contribution in [2.45, 2.75) is 38.6 Å². The van der Waals surface area contributed by atoms with Crippen LogP contribution in [0.5, 0.6) is 0 Å². The molecule has 0 unspecified atom stereocenters. The monoisotopic (exact) mass is 270 g/mol. The average Bonchev–Trinajstić information content (AvgIpc) is 2.98. The molecular weight excluding hydrogens is 248 g/mol. The van der Waals surface area contributed by atoms with Crippen LogP contribution in [-0.2, 0) is 0 Å². The van der Waals surface area contributed by atoms with Crippen LogP contribution in [-0.4, -0.2) is 27.6 Å². The van der Waals surface area contributed by atoms with Gasteiger partial charge in [0.05, 0.1) is 0 Å². The molecular formula is C16H22N4. The molecule has 0 amide bonds. The number of anilines is 1. The van der Waals surface area contributed by atoms with E-state index in [2.05, 4.69) is 51.6 Å². The lowest BCUT2D eigenvalue weighted by Crippen LogP contribution is -2.36. The largest absolute Gasteiger partial charge is 0.356 e. The molecule has 0 spiro atoms. The zero-order valence-electron chi connectivity index (χ0n) is 12.2. The maximum Gasteiger partial charge on any atom is 0.128 e. The van der Waals surface area contributed by atoms with Crippen molar-refractivity contribution in [1.29, 1.82) is 0 Å². The summed E-state index contributed by atoms with van der Waals surface area (Å²) < 4.78 is 2.30. The van der Waals surface area contributed by atoms with E-state index in [1.165, 1.54) is 18.7 Å². The molecule has 2 aromatic rings. The van der Waals surface area contributed by atoms with Gasteiger partial charge < -0.3 is 9.47 Å². The van der Waals surface area contributed by atoms with Crippen LogP contribution >= 0.6 is 0 Å². The smallest absolute Gasteiger partial charge is 0.128 e. The van der Waals surface area contributed by atoms with Crippen LogP contribution in [0.15, 0.2) is 36.8 Å². The zero-order valence-corrected chi connectivity index (χ0v) is 12.2. The number of hydrogen-bond acceptors (Lipinski definition) is 3. The maximum atomic E-state index is 4.61. The first-order valence-electron chi connectivity index (χ1n) is 7.44. The third-order valence-corrected chi connectivity index (χ3v) is 4.01. The number of nitrogens with zero attached hydrogens (tertiary/aromatic N) is 4. The van der Waals surface area contributed by atoms with Gasteiger partial charge in [-0.25, -0.2) is 9.97 Å². The Balaban J connectivity index is 1.80. The number of imidazole rings is 1. The highest BCUT2D eigenvalue weighted by Gasteiger charge is 2.25. The molecule has 1 aliphatic heterocycles. The summed E-state index contributed by atoms with van der Waals surface area (Å²) >= 11 is 0. The molecule has 1 saturated heterocycles. The van der Waals surface area contributed by atoms with Gasteiger partial charge in [-0.1, -0.05) is 6.07 Å². The summed E-state index contributed by atoms with van der Waals surface area (Å²) in [6, 6.07) is 6.59. The van der Waals surface area contributed by atoms with E-state index in [1.807, 2.05) is 18.5 Å². The average molecular weight is 270 g/mol. The third kappa shape index (κ3) is 2.55. The molecule has 4 nitrogen and oxygen atoms in total. The van der Waals surface area contributed by atoms with E-state index >= 15 is 0 Å². The predicted molar refractivity (Wildman–Crippen MR) is 81.0 cm³/mol. The van der Waals surface area contributed by atoms with Gasteiger partial charge in [0.25, 0.3) is 0 Å². The summed E-state index contributed by atoms with van der Waals surface area (Å²) in [7, 11) is 0. The van der Waals surface area contributed by atoms with E-state index in [0.717, 1.165) is 18.9 Å². The minimum absolute atomic E-state index is 0.470. The van der Waals surface area contributed by atoms with E-state index in [1.54, 1.807) is 0 Å². The first-order valence-corrected chi connectivity index (χ1v) is 7.44. The molecule has 2 aromatic heterocycles. The zero-order chi connectivity index (χ0) is 13.9. The number of hydrogen-bond donors (Lipinski definition) is 0. The molecule has 1 fully saturated rings. The predicted octanol–water partition coefficient (Wildman–Crippen LogP) is 3.24. The Hall–Kier alpha value is -1.84. The second-order valence-corrected chi connectivity index (χ2v) is 5.76. The first kappa shape index (κ1) is 13.2. The highest BCUT2D eigenvalue weighted by Crippen LogP contribution is 2.29. The number of rotatable bonds is 3. The van der Waals surface area contributed by atoms with Crippen LogP contribution in [0.4, 0.5) is 5.82 Å². The van der Waals surface area contributed by atoms with Gasteiger partial charge in [0.15, 0.2) is 0 Å². The van der Waals surface area contributed by atoms with Crippen molar-refractivity contribution in [3.8, 4) is 0 Å². The highest BCUT2D eigenvalue weighted by molar-refractivity contribution is 5.39. The van der Waals surface area contributed by atoms with Crippen LogP contribution in [0.1, 0.15) is 44.5 Å². The topological polar surface area (TPSA) is 34.0 Å². The van der Waals surface area contributed by atoms with Crippen molar-refractivity contribution in [3.05, 3.63) is 42.6 Å². The summed E-state index contributed by atoms with van der Waals surface area (Å²) in [6.45, 7) is 6.53. The fraction of sp³-hybridized carbons (Fsp3) is 0.500. The van der Waals surface area contributed by atoms with E-state index in [0.29, 0.717) is 12.0 Å². The van der Waals surface area contributed by atoms with E-state index in [-0.39, 0.29) is 0 Å². The molecule has 3 rings (SSSR count). The summed E-state index contributed by atoms with van der Waals surface area (Å²) in [6.07, 6.45) is 8.31. The van der Waals surface area contributed by atoms with Crippen LogP contribution in [0.3, 0.4) is 0 Å². The van der Waals surface area contributed by atoms with Crippen LogP contribution in [0, 0.1) is 0 Å². The summed E-state index contributed by atoms with van der Waals surface area (Å²) in [5.74, 6) is 2.81. The lowest BCUT2D eigenvalue weighted by molar-refractivity contribution is 0.453. The van der Waals surface area contributed by atoms with Crippen LogP contribution in [0.25, 0.3) is 0 Å². The summed E-state index contributed by atoms with van der Waals surface area (Å²) in [5, 5.41) is 0. The molecule has 0 N–H and O–H groups in total. The fourth-order valence-electron chi connectivity index (χ4n) is 3.01. The van der Waals surface area contributed by atoms with Crippen molar-refractivity contribution < 1.29 is 0 Å². The van der Waals surface area contributed by atoms with Gasteiger partial charge in [-0.05, 0) is 38.8 Å². The Morgan fingerprint density at radius 2 is 2.10 bits per heavy atom. The highest BCUT2D eigenvalue weighted by atomic mass is 15.2. The van der Waals surface area contributed by atoms with E-state index in [9.17, 15) is 0 Å². The molecule has 0 aliphatic carbocycles. The van der Waals surface area contributed by atoms with Crippen LogP contribution in [0.2, 0.25) is 0 Å². The molecule has 20 heavy (non-hydrogen) atoms. The van der Waals surface area contributed by atoms with E-state index in [4.69, 9.17) is 0 Å². The van der Waals surface area contributed by atoms with Crippen molar-refractivity contribution in [2.24, 2.45) is 0 Å². The molecule has 0 saturated carbocycles. The van der Waals surface area contributed by atoms with Gasteiger partial charge in [-0.15, -0.1) is 0 Å². The SMILES string of the molecule is CC(C)n1ccnc1[C@@H]1CCCN(c2ccccn2)C1. The lowest BCUT2D eigenvalue weighted by Gasteiger charge is -2.33. The van der Waals surface area contributed by atoms with Crippen molar-refractivity contribution in [2.75, 3.05) is 18.0 Å². The molecule has 1 atom stereocenters. The number of aromatic nitrogens is 3. The first-order chi connectivity index (χ1) is 9.75. The number of pyridine rings is 1. The van der Waals surface area contributed by atoms with Gasteiger partial charge in [0, 0.05) is 43.6 Å². The molecule has 0 bridgehead atoms. The standard InChI is InChI=1S/C16H22N4/c1-13(2)20-11-9-18-16(20)14-6-5-10-19(12-14)15-7-3-4-8-17-15/h3-4,7-9,11,13-14H,5-6,10,12H2,1-2H3/t14-/m1/s1. The molecule has 106 valence electrons. The van der Waals surface area contributed by atoms with Crippen molar-refractivity contribution in [1.82, 2.24) is 14.5 Å². The quantitative estimate of drug-likeness (QED) is 0.858. The second-order valence-electron chi connectivity index (χ2n) is 5.76. The Labute approximate surface area is 120 Å². The van der Waals surface area contributed by atoms with Crippen LogP contribution < -0.4 is 4.90 Å². The summed E-state index contributed by atoms with van der Waals surface area (Å²) in [4.78, 5) is 11.5. The second kappa shape index (κ2) is 5.65. The van der Waals surface area contributed by atoms with E-state index < -0.39 is 0 Å². The van der Waals surface area contributed by atoms with Gasteiger partial charge in [-0.2, -0.15) is 0 Å². The van der Waals surface area contributed by atoms with Gasteiger partial charge in [-0.3, -0.25) is 0 Å². The fourth-order valence-corrected chi connectivity index (χ4v) is 3.01. The lowest BCUT2D eigenvalue weighted by atomic mass is 9.97. The molecule has 4 heteroatoms. The van der Waals surface area contributed by atoms with Gasteiger partial charge in [0.2, 0.25) is 0 Å². The Morgan fingerprint density at radius 1 is 1.20 bits per heavy atom. The number of piperidine rings is 1. The Morgan fingerprint density at radius 3 is 2.85 bits per heavy atom. The third-order valence-electron chi connectivity index (χ3n) is 4.01. The molecule has 3 heterocycles. The van der Waals surface area contributed by atoms with Crippen molar-refractivity contribution in [3.63, 3.8) is 0 Å². The van der Waals surface area contributed by atoms with Crippen molar-refractivity contribution >= 4 is 5.82 Å². The normalized spacial score (nSPS) is 19.6. The minimum atomic E-state index is 0.470. The molecule has 0 radical (unpaired) electrons. The molecule has 1 aliphatic rings. The summed E-state index contributed by atoms with van der Waals surface area (Å²) in [5.41, 5.74) is 0.